The van der Waals surface area contributed by atoms with E-state index in [0.717, 1.165) is 28.7 Å². The molecule has 0 radical (unpaired) electrons. The molecule has 0 unspecified atom stereocenters. The number of alkyl halides is 3. The molecule has 24 heavy (non-hydrogen) atoms. The molecule has 7 heteroatoms. The number of amides is 1. The quantitative estimate of drug-likeness (QED) is 0.793. The number of carbonyl (C=O) groups excluding carboxylic acids is 1. The maximum absolute atomic E-state index is 12.7. The van der Waals surface area contributed by atoms with E-state index in [4.69, 9.17) is 0 Å². The zero-order chi connectivity index (χ0) is 17.3. The number of aromatic nitrogens is 2. The first-order valence-electron chi connectivity index (χ1n) is 7.20. The number of aryl methyl sites for hydroxylation is 1. The lowest BCUT2D eigenvalue weighted by Crippen LogP contribution is -2.15. The Balaban J connectivity index is 1.73. The highest BCUT2D eigenvalue weighted by molar-refractivity contribution is 5.93. The highest BCUT2D eigenvalue weighted by atomic mass is 19.4. The number of hydrogen-bond donors (Lipinski definition) is 1. The monoisotopic (exact) mass is 333 g/mol. The van der Waals surface area contributed by atoms with Gasteiger partial charge in [-0.2, -0.15) is 13.2 Å². The zero-order valence-corrected chi connectivity index (χ0v) is 12.8. The van der Waals surface area contributed by atoms with E-state index in [9.17, 15) is 18.0 Å². The fourth-order valence-corrected chi connectivity index (χ4v) is 2.46. The van der Waals surface area contributed by atoms with E-state index in [1.807, 2.05) is 17.7 Å². The van der Waals surface area contributed by atoms with Crippen molar-refractivity contribution in [2.24, 2.45) is 7.05 Å². The van der Waals surface area contributed by atoms with Crippen LogP contribution in [0.4, 0.5) is 18.9 Å². The molecule has 124 valence electrons. The number of anilines is 1. The van der Waals surface area contributed by atoms with Gasteiger partial charge in [-0.1, -0.05) is 12.1 Å². The molecule has 0 aliphatic rings. The summed E-state index contributed by atoms with van der Waals surface area (Å²) in [6, 6.07) is 10.0. The first-order chi connectivity index (χ1) is 11.3. The number of carbonyl (C=O) groups is 1. The summed E-state index contributed by atoms with van der Waals surface area (Å²) in [7, 11) is 1.87. The summed E-state index contributed by atoms with van der Waals surface area (Å²) in [6.07, 6.45) is -2.70. The van der Waals surface area contributed by atoms with Crippen molar-refractivity contribution < 1.29 is 18.0 Å². The van der Waals surface area contributed by atoms with Crippen molar-refractivity contribution in [1.82, 2.24) is 9.55 Å². The van der Waals surface area contributed by atoms with Gasteiger partial charge in [0.2, 0.25) is 5.91 Å². The van der Waals surface area contributed by atoms with Crippen LogP contribution in [-0.4, -0.2) is 15.5 Å². The standard InChI is InChI=1S/C17H14F3N3O/c1-23-10-21-14-7-11(5-6-15(14)23)8-16(24)22-13-4-2-3-12(9-13)17(18,19)20/h2-7,9-10H,8H2,1H3,(H,22,24). The van der Waals surface area contributed by atoms with Gasteiger partial charge < -0.3 is 9.88 Å². The number of halogens is 3. The zero-order valence-electron chi connectivity index (χ0n) is 12.8. The molecule has 1 heterocycles. The Morgan fingerprint density at radius 1 is 1.21 bits per heavy atom. The predicted molar refractivity (Wildman–Crippen MR) is 84.5 cm³/mol. The summed E-state index contributed by atoms with van der Waals surface area (Å²) in [5.74, 6) is -0.385. The maximum Gasteiger partial charge on any atom is 0.416 e. The molecule has 0 bridgehead atoms. The topological polar surface area (TPSA) is 46.9 Å². The second-order valence-electron chi connectivity index (χ2n) is 5.48. The first kappa shape index (κ1) is 16.0. The number of fused-ring (bicyclic) bond motifs is 1. The number of nitrogens with one attached hydrogen (secondary N) is 1. The number of benzene rings is 2. The summed E-state index contributed by atoms with van der Waals surface area (Å²) in [5.41, 5.74) is 1.77. The third-order valence-electron chi connectivity index (χ3n) is 3.63. The molecule has 1 amide bonds. The van der Waals surface area contributed by atoms with E-state index >= 15 is 0 Å². The SMILES string of the molecule is Cn1cnc2cc(CC(=O)Nc3cccc(C(F)(F)F)c3)ccc21. The van der Waals surface area contributed by atoms with E-state index in [1.165, 1.54) is 12.1 Å². The summed E-state index contributed by atoms with van der Waals surface area (Å²) in [6.45, 7) is 0. The van der Waals surface area contributed by atoms with Crippen LogP contribution in [0.5, 0.6) is 0 Å². The fraction of sp³-hybridized carbons (Fsp3) is 0.176. The molecule has 3 aromatic rings. The molecule has 0 fully saturated rings. The van der Waals surface area contributed by atoms with E-state index < -0.39 is 11.7 Å². The van der Waals surface area contributed by atoms with Gasteiger partial charge in [-0.25, -0.2) is 4.98 Å². The maximum atomic E-state index is 12.7. The molecule has 1 N–H and O–H groups in total. The van der Waals surface area contributed by atoms with Gasteiger partial charge in [0.25, 0.3) is 0 Å². The van der Waals surface area contributed by atoms with Gasteiger partial charge in [-0.15, -0.1) is 0 Å². The molecular weight excluding hydrogens is 319 g/mol. The molecule has 0 spiro atoms. The number of nitrogens with zero attached hydrogens (tertiary/aromatic N) is 2. The van der Waals surface area contributed by atoms with Crippen LogP contribution in [0.3, 0.4) is 0 Å². The highest BCUT2D eigenvalue weighted by Gasteiger charge is 2.30. The number of hydrogen-bond acceptors (Lipinski definition) is 2. The average Bonchev–Trinajstić information content (AvgIpc) is 2.87. The minimum atomic E-state index is -4.44. The van der Waals surface area contributed by atoms with Crippen LogP contribution in [0, 0.1) is 0 Å². The Morgan fingerprint density at radius 3 is 2.75 bits per heavy atom. The van der Waals surface area contributed by atoms with Gasteiger partial charge in [0.05, 0.1) is 29.3 Å². The lowest BCUT2D eigenvalue weighted by atomic mass is 10.1. The summed E-state index contributed by atoms with van der Waals surface area (Å²) in [5, 5.41) is 2.49. The van der Waals surface area contributed by atoms with Gasteiger partial charge in [0, 0.05) is 12.7 Å². The predicted octanol–water partition coefficient (Wildman–Crippen LogP) is 3.77. The van der Waals surface area contributed by atoms with Gasteiger partial charge >= 0.3 is 6.18 Å². The normalized spacial score (nSPS) is 11.7. The lowest BCUT2D eigenvalue weighted by Gasteiger charge is -2.10. The molecular formula is C17H14F3N3O. The lowest BCUT2D eigenvalue weighted by molar-refractivity contribution is -0.137. The molecule has 3 rings (SSSR count). The summed E-state index contributed by atoms with van der Waals surface area (Å²) in [4.78, 5) is 16.3. The van der Waals surface area contributed by atoms with Crippen LogP contribution in [0.2, 0.25) is 0 Å². The van der Waals surface area contributed by atoms with E-state index in [1.54, 1.807) is 18.5 Å². The van der Waals surface area contributed by atoms with Crippen LogP contribution in [0.15, 0.2) is 48.8 Å². The van der Waals surface area contributed by atoms with Gasteiger partial charge in [0.15, 0.2) is 0 Å². The Kier molecular flexibility index (Phi) is 4.01. The average molecular weight is 333 g/mol. The van der Waals surface area contributed by atoms with E-state index in [0.29, 0.717) is 0 Å². The van der Waals surface area contributed by atoms with Crippen molar-refractivity contribution in [1.29, 1.82) is 0 Å². The third kappa shape index (κ3) is 3.40. The fourth-order valence-electron chi connectivity index (χ4n) is 2.46. The van der Waals surface area contributed by atoms with Gasteiger partial charge in [0.1, 0.15) is 0 Å². The Bertz CT molecular complexity index is 899. The van der Waals surface area contributed by atoms with Crippen molar-refractivity contribution in [2.45, 2.75) is 12.6 Å². The Labute approximate surface area is 135 Å². The van der Waals surface area contributed by atoms with Crippen molar-refractivity contribution in [2.75, 3.05) is 5.32 Å². The van der Waals surface area contributed by atoms with E-state index in [-0.39, 0.29) is 18.0 Å². The molecule has 0 atom stereocenters. The second-order valence-corrected chi connectivity index (χ2v) is 5.48. The molecule has 1 aromatic heterocycles. The molecule has 0 aliphatic heterocycles. The van der Waals surface area contributed by atoms with Crippen molar-refractivity contribution in [3.8, 4) is 0 Å². The molecule has 0 saturated carbocycles. The Hall–Kier alpha value is -2.83. The molecule has 0 aliphatic carbocycles. The number of imidazole rings is 1. The minimum Gasteiger partial charge on any atom is -0.334 e. The van der Waals surface area contributed by atoms with Crippen molar-refractivity contribution >= 4 is 22.6 Å². The molecule has 2 aromatic carbocycles. The number of rotatable bonds is 3. The molecule has 4 nitrogen and oxygen atoms in total. The van der Waals surface area contributed by atoms with Crippen LogP contribution < -0.4 is 5.32 Å². The third-order valence-corrected chi connectivity index (χ3v) is 3.63. The molecule has 0 saturated heterocycles. The smallest absolute Gasteiger partial charge is 0.334 e. The largest absolute Gasteiger partial charge is 0.416 e. The van der Waals surface area contributed by atoms with Crippen LogP contribution in [0.25, 0.3) is 11.0 Å². The van der Waals surface area contributed by atoms with Crippen LogP contribution in [-0.2, 0) is 24.4 Å². The van der Waals surface area contributed by atoms with Crippen molar-refractivity contribution in [3.05, 3.63) is 59.9 Å². The van der Waals surface area contributed by atoms with E-state index in [2.05, 4.69) is 10.3 Å². The summed E-state index contributed by atoms with van der Waals surface area (Å²) < 4.78 is 39.9. The Morgan fingerprint density at radius 2 is 2.00 bits per heavy atom. The summed E-state index contributed by atoms with van der Waals surface area (Å²) >= 11 is 0. The highest BCUT2D eigenvalue weighted by Crippen LogP contribution is 2.30. The minimum absolute atomic E-state index is 0.0583. The van der Waals surface area contributed by atoms with Gasteiger partial charge in [-0.3, -0.25) is 4.79 Å². The second kappa shape index (κ2) is 5.99. The van der Waals surface area contributed by atoms with Crippen molar-refractivity contribution in [3.63, 3.8) is 0 Å². The first-order valence-corrected chi connectivity index (χ1v) is 7.20. The van der Waals surface area contributed by atoms with Gasteiger partial charge in [-0.05, 0) is 35.9 Å². The van der Waals surface area contributed by atoms with Crippen LogP contribution >= 0.6 is 0 Å². The van der Waals surface area contributed by atoms with Crippen LogP contribution in [0.1, 0.15) is 11.1 Å².